The molecule has 4 heteroatoms. The van der Waals surface area contributed by atoms with Crippen LogP contribution < -0.4 is 9.64 Å². The molecule has 4 nitrogen and oxygen atoms in total. The summed E-state index contributed by atoms with van der Waals surface area (Å²) in [6, 6.07) is 7.90. The lowest BCUT2D eigenvalue weighted by atomic mass is 10.0. The SMILES string of the molecule is CCC1Oc2ccc(C(C)C)cc2N(CC#N)C1=O. The predicted molar refractivity (Wildman–Crippen MR) is 73.2 cm³/mol. The van der Waals surface area contributed by atoms with E-state index in [-0.39, 0.29) is 12.5 Å². The van der Waals surface area contributed by atoms with E-state index in [0.29, 0.717) is 23.8 Å². The van der Waals surface area contributed by atoms with Crippen LogP contribution in [-0.4, -0.2) is 18.6 Å². The van der Waals surface area contributed by atoms with Crippen LogP contribution in [0.1, 0.15) is 38.7 Å². The minimum Gasteiger partial charge on any atom is -0.478 e. The maximum atomic E-state index is 12.2. The van der Waals surface area contributed by atoms with Crippen LogP contribution in [0.5, 0.6) is 5.75 Å². The Morgan fingerprint density at radius 1 is 1.47 bits per heavy atom. The fourth-order valence-electron chi connectivity index (χ4n) is 2.19. The standard InChI is InChI=1S/C15H18N2O2/c1-4-13-15(18)17(8-7-16)12-9-11(10(2)3)5-6-14(12)19-13/h5-6,9-10,13H,4,8H2,1-3H3. The van der Waals surface area contributed by atoms with Gasteiger partial charge in [0.05, 0.1) is 11.8 Å². The Morgan fingerprint density at radius 3 is 2.79 bits per heavy atom. The van der Waals surface area contributed by atoms with Crippen LogP contribution in [0.3, 0.4) is 0 Å². The topological polar surface area (TPSA) is 53.3 Å². The van der Waals surface area contributed by atoms with Crippen LogP contribution in [-0.2, 0) is 4.79 Å². The number of nitriles is 1. The molecule has 1 heterocycles. The van der Waals surface area contributed by atoms with Gasteiger partial charge in [0.2, 0.25) is 0 Å². The molecule has 1 atom stereocenters. The summed E-state index contributed by atoms with van der Waals surface area (Å²) in [5.41, 5.74) is 1.84. The lowest BCUT2D eigenvalue weighted by Crippen LogP contribution is -2.45. The number of rotatable bonds is 3. The first-order valence-corrected chi connectivity index (χ1v) is 6.57. The van der Waals surface area contributed by atoms with E-state index in [0.717, 1.165) is 5.56 Å². The first-order chi connectivity index (χ1) is 9.08. The molecule has 0 aromatic heterocycles. The Balaban J connectivity index is 2.47. The van der Waals surface area contributed by atoms with Gasteiger partial charge >= 0.3 is 0 Å². The van der Waals surface area contributed by atoms with E-state index in [1.165, 1.54) is 4.90 Å². The molecule has 1 aliphatic heterocycles. The highest BCUT2D eigenvalue weighted by molar-refractivity contribution is 6.00. The average molecular weight is 258 g/mol. The van der Waals surface area contributed by atoms with Gasteiger partial charge in [0.1, 0.15) is 12.3 Å². The summed E-state index contributed by atoms with van der Waals surface area (Å²) in [5, 5.41) is 8.91. The van der Waals surface area contributed by atoms with Crippen molar-refractivity contribution in [2.45, 2.75) is 39.2 Å². The summed E-state index contributed by atoms with van der Waals surface area (Å²) in [6.07, 6.45) is 0.123. The molecular formula is C15H18N2O2. The van der Waals surface area contributed by atoms with Crippen LogP contribution in [0.2, 0.25) is 0 Å². The summed E-state index contributed by atoms with van der Waals surface area (Å²) in [6.45, 7) is 6.15. The van der Waals surface area contributed by atoms with Crippen molar-refractivity contribution in [2.24, 2.45) is 0 Å². The first-order valence-electron chi connectivity index (χ1n) is 6.57. The van der Waals surface area contributed by atoms with E-state index in [4.69, 9.17) is 10.00 Å². The highest BCUT2D eigenvalue weighted by Crippen LogP contribution is 2.36. The number of hydrogen-bond acceptors (Lipinski definition) is 3. The van der Waals surface area contributed by atoms with Crippen LogP contribution in [0, 0.1) is 11.3 Å². The van der Waals surface area contributed by atoms with Gasteiger partial charge in [-0.25, -0.2) is 0 Å². The summed E-state index contributed by atoms with van der Waals surface area (Å²) in [4.78, 5) is 13.8. The van der Waals surface area contributed by atoms with E-state index in [9.17, 15) is 4.79 Å². The monoisotopic (exact) mass is 258 g/mol. The van der Waals surface area contributed by atoms with Crippen molar-refractivity contribution in [2.75, 3.05) is 11.4 Å². The molecule has 0 saturated heterocycles. The molecule has 1 aliphatic rings. The Morgan fingerprint density at radius 2 is 2.21 bits per heavy atom. The van der Waals surface area contributed by atoms with Crippen LogP contribution in [0.25, 0.3) is 0 Å². The number of ether oxygens (including phenoxy) is 1. The first kappa shape index (κ1) is 13.4. The van der Waals surface area contributed by atoms with E-state index in [1.807, 2.05) is 25.1 Å². The largest absolute Gasteiger partial charge is 0.478 e. The van der Waals surface area contributed by atoms with Crippen molar-refractivity contribution in [1.82, 2.24) is 0 Å². The smallest absolute Gasteiger partial charge is 0.269 e. The van der Waals surface area contributed by atoms with Gasteiger partial charge in [-0.05, 0) is 30.0 Å². The Labute approximate surface area is 113 Å². The van der Waals surface area contributed by atoms with Crippen LogP contribution >= 0.6 is 0 Å². The maximum Gasteiger partial charge on any atom is 0.269 e. The van der Waals surface area contributed by atoms with Crippen LogP contribution in [0.15, 0.2) is 18.2 Å². The maximum absolute atomic E-state index is 12.2. The Bertz CT molecular complexity index is 531. The second kappa shape index (κ2) is 5.31. The predicted octanol–water partition coefficient (Wildman–Crippen LogP) is 2.84. The minimum atomic E-state index is -0.481. The fraction of sp³-hybridized carbons (Fsp3) is 0.467. The van der Waals surface area contributed by atoms with Crippen molar-refractivity contribution in [3.05, 3.63) is 23.8 Å². The second-order valence-electron chi connectivity index (χ2n) is 4.98. The lowest BCUT2D eigenvalue weighted by Gasteiger charge is -2.33. The number of anilines is 1. The zero-order chi connectivity index (χ0) is 14.0. The molecule has 1 unspecified atom stereocenters. The molecule has 0 aliphatic carbocycles. The highest BCUT2D eigenvalue weighted by atomic mass is 16.5. The third-order valence-corrected chi connectivity index (χ3v) is 3.35. The number of amides is 1. The third-order valence-electron chi connectivity index (χ3n) is 3.35. The van der Waals surface area contributed by atoms with Crippen molar-refractivity contribution >= 4 is 11.6 Å². The number of fused-ring (bicyclic) bond motifs is 1. The molecule has 0 fully saturated rings. The normalized spacial score (nSPS) is 17.9. The van der Waals surface area contributed by atoms with E-state index in [2.05, 4.69) is 19.9 Å². The van der Waals surface area contributed by atoms with E-state index < -0.39 is 6.10 Å². The van der Waals surface area contributed by atoms with Gasteiger partial charge in [-0.2, -0.15) is 5.26 Å². The van der Waals surface area contributed by atoms with Gasteiger partial charge in [-0.1, -0.05) is 26.8 Å². The van der Waals surface area contributed by atoms with Gasteiger partial charge in [0.15, 0.2) is 6.10 Å². The molecule has 1 amide bonds. The van der Waals surface area contributed by atoms with Crippen molar-refractivity contribution in [3.63, 3.8) is 0 Å². The quantitative estimate of drug-likeness (QED) is 0.783. The Kier molecular flexibility index (Phi) is 3.75. The van der Waals surface area contributed by atoms with Gasteiger partial charge < -0.3 is 4.74 Å². The molecule has 2 rings (SSSR count). The molecule has 0 spiro atoms. The van der Waals surface area contributed by atoms with E-state index in [1.54, 1.807) is 0 Å². The van der Waals surface area contributed by atoms with Gasteiger partial charge in [0, 0.05) is 0 Å². The summed E-state index contributed by atoms with van der Waals surface area (Å²) in [7, 11) is 0. The molecule has 19 heavy (non-hydrogen) atoms. The van der Waals surface area contributed by atoms with Crippen molar-refractivity contribution < 1.29 is 9.53 Å². The number of carbonyl (C=O) groups is 1. The molecule has 0 bridgehead atoms. The summed E-state index contributed by atoms with van der Waals surface area (Å²) in [5.74, 6) is 0.928. The number of nitrogens with zero attached hydrogens (tertiary/aromatic N) is 2. The number of carbonyl (C=O) groups excluding carboxylic acids is 1. The molecule has 0 radical (unpaired) electrons. The number of benzene rings is 1. The average Bonchev–Trinajstić information content (AvgIpc) is 2.41. The van der Waals surface area contributed by atoms with Gasteiger partial charge in [-0.3, -0.25) is 9.69 Å². The fourth-order valence-corrected chi connectivity index (χ4v) is 2.19. The van der Waals surface area contributed by atoms with Crippen LogP contribution in [0.4, 0.5) is 5.69 Å². The zero-order valence-electron chi connectivity index (χ0n) is 11.5. The second-order valence-corrected chi connectivity index (χ2v) is 4.98. The van der Waals surface area contributed by atoms with Crippen molar-refractivity contribution in [3.8, 4) is 11.8 Å². The summed E-state index contributed by atoms with van der Waals surface area (Å²) < 4.78 is 5.70. The molecular weight excluding hydrogens is 240 g/mol. The molecule has 100 valence electrons. The Hall–Kier alpha value is -2.02. The molecule has 0 saturated carbocycles. The van der Waals surface area contributed by atoms with E-state index >= 15 is 0 Å². The minimum absolute atomic E-state index is 0.0627. The third kappa shape index (κ3) is 2.41. The zero-order valence-corrected chi connectivity index (χ0v) is 11.5. The number of hydrogen-bond donors (Lipinski definition) is 0. The summed E-state index contributed by atoms with van der Waals surface area (Å²) >= 11 is 0. The molecule has 1 aromatic rings. The highest BCUT2D eigenvalue weighted by Gasteiger charge is 2.33. The molecule has 1 aromatic carbocycles. The van der Waals surface area contributed by atoms with Crippen molar-refractivity contribution in [1.29, 1.82) is 5.26 Å². The van der Waals surface area contributed by atoms with Gasteiger partial charge in [-0.15, -0.1) is 0 Å². The molecule has 0 N–H and O–H groups in total. The lowest BCUT2D eigenvalue weighted by molar-refractivity contribution is -0.126. The van der Waals surface area contributed by atoms with Gasteiger partial charge in [0.25, 0.3) is 5.91 Å².